The summed E-state index contributed by atoms with van der Waals surface area (Å²) in [4.78, 5) is 12.2. The van der Waals surface area contributed by atoms with Crippen LogP contribution in [-0.2, 0) is 15.1 Å². The molecule has 0 saturated carbocycles. The Morgan fingerprint density at radius 1 is 1.39 bits per heavy atom. The Hall–Kier alpha value is -1.00. The predicted octanol–water partition coefficient (Wildman–Crippen LogP) is 2.42. The molecule has 1 aromatic carbocycles. The average molecular weight is 267 g/mol. The van der Waals surface area contributed by atoms with E-state index in [4.69, 9.17) is 4.74 Å². The molecule has 1 unspecified atom stereocenters. The monoisotopic (exact) mass is 267 g/mol. The van der Waals surface area contributed by atoms with Gasteiger partial charge in [0.15, 0.2) is 5.54 Å². The summed E-state index contributed by atoms with van der Waals surface area (Å²) in [6.07, 6.45) is 2.97. The first-order valence-corrected chi connectivity index (χ1v) is 7.48. The van der Waals surface area contributed by atoms with Crippen molar-refractivity contribution in [2.24, 2.45) is 0 Å². The van der Waals surface area contributed by atoms with Crippen molar-refractivity contribution >= 4 is 17.7 Å². The molecule has 3 nitrogen and oxygen atoms in total. The standard InChI is InChI=1S/C14H21NO2S/c1-4-10-15-14(11-18-3,13(16)17-2)12-8-6-5-7-9-12/h5-9,15H,4,10-11H2,1-3H3. The quantitative estimate of drug-likeness (QED) is 0.770. The summed E-state index contributed by atoms with van der Waals surface area (Å²) in [6.45, 7) is 2.86. The van der Waals surface area contributed by atoms with Crippen molar-refractivity contribution in [3.8, 4) is 0 Å². The SMILES string of the molecule is CCCNC(CSC)(C(=O)OC)c1ccccc1. The van der Waals surface area contributed by atoms with Crippen molar-refractivity contribution in [3.05, 3.63) is 35.9 Å². The molecular weight excluding hydrogens is 246 g/mol. The Morgan fingerprint density at radius 3 is 2.56 bits per heavy atom. The fourth-order valence-electron chi connectivity index (χ4n) is 1.94. The van der Waals surface area contributed by atoms with E-state index in [9.17, 15) is 4.79 Å². The van der Waals surface area contributed by atoms with E-state index in [-0.39, 0.29) is 5.97 Å². The number of benzene rings is 1. The minimum atomic E-state index is -0.745. The molecule has 0 amide bonds. The van der Waals surface area contributed by atoms with Gasteiger partial charge in [0.05, 0.1) is 7.11 Å². The van der Waals surface area contributed by atoms with Crippen LogP contribution in [0.4, 0.5) is 0 Å². The number of methoxy groups -OCH3 is 1. The molecule has 0 heterocycles. The summed E-state index contributed by atoms with van der Waals surface area (Å²) in [5.41, 5.74) is 0.213. The summed E-state index contributed by atoms with van der Waals surface area (Å²) in [7, 11) is 1.44. The van der Waals surface area contributed by atoms with Crippen LogP contribution in [-0.4, -0.2) is 31.6 Å². The number of rotatable bonds is 7. The van der Waals surface area contributed by atoms with Gasteiger partial charge in [-0.15, -0.1) is 0 Å². The molecule has 4 heteroatoms. The van der Waals surface area contributed by atoms with Crippen molar-refractivity contribution in [1.29, 1.82) is 0 Å². The van der Waals surface area contributed by atoms with E-state index in [0.717, 1.165) is 18.5 Å². The van der Waals surface area contributed by atoms with E-state index in [2.05, 4.69) is 12.2 Å². The lowest BCUT2D eigenvalue weighted by Crippen LogP contribution is -2.52. The highest BCUT2D eigenvalue weighted by Crippen LogP contribution is 2.26. The van der Waals surface area contributed by atoms with Gasteiger partial charge in [-0.3, -0.25) is 5.32 Å². The predicted molar refractivity (Wildman–Crippen MR) is 76.8 cm³/mol. The van der Waals surface area contributed by atoms with Crippen LogP contribution in [0.5, 0.6) is 0 Å². The first kappa shape index (κ1) is 15.1. The van der Waals surface area contributed by atoms with Crippen molar-refractivity contribution in [3.63, 3.8) is 0 Å². The second-order valence-corrected chi connectivity index (χ2v) is 4.99. The second kappa shape index (κ2) is 7.44. The Balaban J connectivity index is 3.15. The van der Waals surface area contributed by atoms with Gasteiger partial charge in [-0.2, -0.15) is 11.8 Å². The zero-order valence-corrected chi connectivity index (χ0v) is 12.0. The molecule has 0 fully saturated rings. The molecular formula is C14H21NO2S. The summed E-state index contributed by atoms with van der Waals surface area (Å²) in [5, 5.41) is 3.36. The van der Waals surface area contributed by atoms with E-state index in [1.165, 1.54) is 7.11 Å². The van der Waals surface area contributed by atoms with Gasteiger partial charge in [0.2, 0.25) is 0 Å². The van der Waals surface area contributed by atoms with Gasteiger partial charge in [0, 0.05) is 5.75 Å². The van der Waals surface area contributed by atoms with Crippen LogP contribution in [0.25, 0.3) is 0 Å². The van der Waals surface area contributed by atoms with Crippen molar-refractivity contribution in [2.75, 3.05) is 25.7 Å². The molecule has 1 aromatic rings. The fraction of sp³-hybridized carbons (Fsp3) is 0.500. The lowest BCUT2D eigenvalue weighted by atomic mass is 9.91. The molecule has 1 atom stereocenters. The second-order valence-electron chi connectivity index (χ2n) is 4.12. The van der Waals surface area contributed by atoms with Crippen molar-refractivity contribution in [1.82, 2.24) is 5.32 Å². The summed E-state index contributed by atoms with van der Waals surface area (Å²) in [5.74, 6) is 0.431. The van der Waals surface area contributed by atoms with Gasteiger partial charge in [-0.1, -0.05) is 37.3 Å². The zero-order chi connectivity index (χ0) is 13.4. The van der Waals surface area contributed by atoms with Crippen molar-refractivity contribution in [2.45, 2.75) is 18.9 Å². The van der Waals surface area contributed by atoms with Crippen LogP contribution in [0.15, 0.2) is 30.3 Å². The average Bonchev–Trinajstić information content (AvgIpc) is 2.43. The van der Waals surface area contributed by atoms with E-state index >= 15 is 0 Å². The molecule has 18 heavy (non-hydrogen) atoms. The zero-order valence-electron chi connectivity index (χ0n) is 11.2. The Bertz CT molecular complexity index is 369. The molecule has 0 saturated heterocycles. The fourth-order valence-corrected chi connectivity index (χ4v) is 2.76. The number of nitrogens with one attached hydrogen (secondary N) is 1. The van der Waals surface area contributed by atoms with Crippen LogP contribution in [0.3, 0.4) is 0 Å². The third kappa shape index (κ3) is 3.27. The smallest absolute Gasteiger partial charge is 0.331 e. The maximum atomic E-state index is 12.2. The Morgan fingerprint density at radius 2 is 2.06 bits per heavy atom. The largest absolute Gasteiger partial charge is 0.467 e. The number of hydrogen-bond donors (Lipinski definition) is 1. The van der Waals surface area contributed by atoms with E-state index in [0.29, 0.717) is 5.75 Å². The van der Waals surface area contributed by atoms with Gasteiger partial charge in [0.25, 0.3) is 0 Å². The van der Waals surface area contributed by atoms with Gasteiger partial charge >= 0.3 is 5.97 Å². The normalized spacial score (nSPS) is 13.9. The van der Waals surface area contributed by atoms with Gasteiger partial charge in [-0.25, -0.2) is 4.79 Å². The summed E-state index contributed by atoms with van der Waals surface area (Å²) < 4.78 is 5.00. The molecule has 0 radical (unpaired) electrons. The first-order chi connectivity index (χ1) is 8.71. The molecule has 0 aliphatic heterocycles. The number of hydrogen-bond acceptors (Lipinski definition) is 4. The minimum Gasteiger partial charge on any atom is -0.467 e. The van der Waals surface area contributed by atoms with E-state index in [1.807, 2.05) is 36.6 Å². The minimum absolute atomic E-state index is 0.225. The van der Waals surface area contributed by atoms with Crippen LogP contribution >= 0.6 is 11.8 Å². The lowest BCUT2D eigenvalue weighted by molar-refractivity contribution is -0.148. The lowest BCUT2D eigenvalue weighted by Gasteiger charge is -2.32. The third-order valence-corrected chi connectivity index (χ3v) is 3.56. The maximum absolute atomic E-state index is 12.2. The van der Waals surface area contributed by atoms with Crippen molar-refractivity contribution < 1.29 is 9.53 Å². The van der Waals surface area contributed by atoms with Gasteiger partial charge in [-0.05, 0) is 24.8 Å². The molecule has 100 valence electrons. The summed E-state index contributed by atoms with van der Waals surface area (Å²) >= 11 is 1.63. The molecule has 0 spiro atoms. The number of thioether (sulfide) groups is 1. The van der Waals surface area contributed by atoms with Gasteiger partial charge < -0.3 is 4.74 Å². The van der Waals surface area contributed by atoms with E-state index < -0.39 is 5.54 Å². The summed E-state index contributed by atoms with van der Waals surface area (Å²) in [6, 6.07) is 9.78. The van der Waals surface area contributed by atoms with E-state index in [1.54, 1.807) is 11.8 Å². The highest BCUT2D eigenvalue weighted by atomic mass is 32.2. The molecule has 0 aliphatic rings. The Kier molecular flexibility index (Phi) is 6.22. The molecule has 0 bridgehead atoms. The first-order valence-electron chi connectivity index (χ1n) is 6.09. The van der Waals surface area contributed by atoms with Crippen LogP contribution in [0, 0.1) is 0 Å². The molecule has 0 aliphatic carbocycles. The van der Waals surface area contributed by atoms with Crippen LogP contribution in [0.1, 0.15) is 18.9 Å². The van der Waals surface area contributed by atoms with Crippen LogP contribution < -0.4 is 5.32 Å². The topological polar surface area (TPSA) is 38.3 Å². The molecule has 0 aromatic heterocycles. The highest BCUT2D eigenvalue weighted by molar-refractivity contribution is 7.98. The third-order valence-electron chi connectivity index (χ3n) is 2.84. The number of ether oxygens (including phenoxy) is 1. The number of carbonyl (C=O) groups excluding carboxylic acids is 1. The molecule has 1 rings (SSSR count). The Labute approximate surface area is 113 Å². The number of esters is 1. The van der Waals surface area contributed by atoms with Gasteiger partial charge in [0.1, 0.15) is 0 Å². The van der Waals surface area contributed by atoms with Crippen LogP contribution in [0.2, 0.25) is 0 Å². The highest BCUT2D eigenvalue weighted by Gasteiger charge is 2.40. The maximum Gasteiger partial charge on any atom is 0.331 e. The molecule has 1 N–H and O–H groups in total. The number of carbonyl (C=O) groups is 1.